The van der Waals surface area contributed by atoms with Gasteiger partial charge in [0.1, 0.15) is 0 Å². The van der Waals surface area contributed by atoms with Gasteiger partial charge >= 0.3 is 0 Å². The van der Waals surface area contributed by atoms with E-state index in [1.807, 2.05) is 36.4 Å². The lowest BCUT2D eigenvalue weighted by Gasteiger charge is -2.28. The van der Waals surface area contributed by atoms with Gasteiger partial charge in [0.05, 0.1) is 11.4 Å². The third kappa shape index (κ3) is 4.14. The van der Waals surface area contributed by atoms with Gasteiger partial charge in [-0.25, -0.2) is 0 Å². The fourth-order valence-electron chi connectivity index (χ4n) is 2.59. The van der Waals surface area contributed by atoms with E-state index in [0.29, 0.717) is 31.7 Å². The number of carbonyl (C=O) groups excluding carboxylic acids is 2. The zero-order valence-electron chi connectivity index (χ0n) is 13.3. The first-order valence-electron chi connectivity index (χ1n) is 7.92. The molecule has 0 unspecified atom stereocenters. The molecular formula is C18H19N3O2S. The molecule has 1 aromatic heterocycles. The quantitative estimate of drug-likeness (QED) is 0.877. The maximum Gasteiger partial charge on any atom is 0.237 e. The Morgan fingerprint density at radius 1 is 1.21 bits per heavy atom. The predicted molar refractivity (Wildman–Crippen MR) is 94.8 cm³/mol. The third-order valence-corrected chi connectivity index (χ3v) is 4.88. The number of benzene rings is 1. The first kappa shape index (κ1) is 16.5. The van der Waals surface area contributed by atoms with Crippen molar-refractivity contribution in [2.45, 2.75) is 24.3 Å². The lowest BCUT2D eigenvalue weighted by Crippen LogP contribution is -2.36. The number of nitrogens with one attached hydrogen (secondary N) is 1. The summed E-state index contributed by atoms with van der Waals surface area (Å²) < 4.78 is 0. The van der Waals surface area contributed by atoms with Crippen molar-refractivity contribution in [1.82, 2.24) is 10.3 Å². The number of hydrogen-bond acceptors (Lipinski definition) is 4. The molecule has 2 amide bonds. The molecule has 0 aliphatic carbocycles. The highest BCUT2D eigenvalue weighted by Gasteiger charge is 2.23. The second kappa shape index (κ2) is 7.97. The van der Waals surface area contributed by atoms with Crippen LogP contribution in [0, 0.1) is 0 Å². The van der Waals surface area contributed by atoms with Crippen molar-refractivity contribution in [2.75, 3.05) is 17.2 Å². The number of rotatable bonds is 6. The summed E-state index contributed by atoms with van der Waals surface area (Å²) >= 11 is 1.57. The lowest BCUT2D eigenvalue weighted by atomic mass is 10.2. The monoisotopic (exact) mass is 341 g/mol. The van der Waals surface area contributed by atoms with E-state index >= 15 is 0 Å². The summed E-state index contributed by atoms with van der Waals surface area (Å²) in [6, 6.07) is 11.7. The van der Waals surface area contributed by atoms with Crippen molar-refractivity contribution in [1.29, 1.82) is 0 Å². The largest absolute Gasteiger partial charge is 0.352 e. The van der Waals surface area contributed by atoms with E-state index in [4.69, 9.17) is 0 Å². The third-order valence-electron chi connectivity index (χ3n) is 3.83. The second-order valence-electron chi connectivity index (χ2n) is 5.54. The number of nitrogens with zero attached hydrogens (tertiary/aromatic N) is 2. The van der Waals surface area contributed by atoms with Crippen LogP contribution in [0.25, 0.3) is 0 Å². The molecule has 2 heterocycles. The van der Waals surface area contributed by atoms with Gasteiger partial charge in [-0.3, -0.25) is 14.6 Å². The lowest BCUT2D eigenvalue weighted by molar-refractivity contribution is -0.121. The molecule has 1 aromatic carbocycles. The SMILES string of the molecule is O=C(CCCN1C(=O)CSc2ccccc21)NCc1ccncc1. The van der Waals surface area contributed by atoms with Crippen LogP contribution in [0.15, 0.2) is 53.7 Å². The van der Waals surface area contributed by atoms with Crippen LogP contribution in [0.3, 0.4) is 0 Å². The van der Waals surface area contributed by atoms with E-state index in [-0.39, 0.29) is 11.8 Å². The van der Waals surface area contributed by atoms with Gasteiger partial charge in [0.25, 0.3) is 0 Å². The number of carbonyl (C=O) groups is 2. The van der Waals surface area contributed by atoms with E-state index in [1.165, 1.54) is 0 Å². The number of anilines is 1. The fraction of sp³-hybridized carbons (Fsp3) is 0.278. The summed E-state index contributed by atoms with van der Waals surface area (Å²) in [5.74, 6) is 0.570. The molecule has 0 atom stereocenters. The molecule has 0 bridgehead atoms. The molecule has 0 radical (unpaired) electrons. The number of para-hydroxylation sites is 1. The fourth-order valence-corrected chi connectivity index (χ4v) is 3.52. The van der Waals surface area contributed by atoms with Gasteiger partial charge in [0, 0.05) is 36.8 Å². The molecule has 0 saturated carbocycles. The topological polar surface area (TPSA) is 62.3 Å². The normalized spacial score (nSPS) is 13.5. The molecule has 3 rings (SSSR count). The van der Waals surface area contributed by atoms with Crippen LogP contribution in [-0.2, 0) is 16.1 Å². The summed E-state index contributed by atoms with van der Waals surface area (Å²) in [5.41, 5.74) is 1.98. The van der Waals surface area contributed by atoms with Gasteiger partial charge in [-0.1, -0.05) is 12.1 Å². The Labute approximate surface area is 145 Å². The van der Waals surface area contributed by atoms with Crippen molar-refractivity contribution in [3.63, 3.8) is 0 Å². The number of pyridine rings is 1. The van der Waals surface area contributed by atoms with Crippen molar-refractivity contribution >= 4 is 29.3 Å². The van der Waals surface area contributed by atoms with Crippen molar-refractivity contribution in [3.8, 4) is 0 Å². The Balaban J connectivity index is 1.48. The molecule has 1 aliphatic heterocycles. The average Bonchev–Trinajstić information content (AvgIpc) is 2.63. The summed E-state index contributed by atoms with van der Waals surface area (Å²) in [4.78, 5) is 31.0. The zero-order valence-corrected chi connectivity index (χ0v) is 14.1. The number of thioether (sulfide) groups is 1. The van der Waals surface area contributed by atoms with Crippen LogP contribution in [0.1, 0.15) is 18.4 Å². The van der Waals surface area contributed by atoms with Crippen LogP contribution in [0.5, 0.6) is 0 Å². The number of amides is 2. The molecule has 1 aliphatic rings. The first-order valence-corrected chi connectivity index (χ1v) is 8.90. The summed E-state index contributed by atoms with van der Waals surface area (Å²) in [7, 11) is 0. The summed E-state index contributed by atoms with van der Waals surface area (Å²) in [5, 5.41) is 2.89. The smallest absolute Gasteiger partial charge is 0.237 e. The van der Waals surface area contributed by atoms with Gasteiger partial charge in [-0.05, 0) is 36.2 Å². The molecule has 2 aromatic rings. The Morgan fingerprint density at radius 2 is 2.00 bits per heavy atom. The van der Waals surface area contributed by atoms with Crippen LogP contribution >= 0.6 is 11.8 Å². The van der Waals surface area contributed by atoms with Gasteiger partial charge in [0.2, 0.25) is 11.8 Å². The molecule has 124 valence electrons. The number of hydrogen-bond donors (Lipinski definition) is 1. The molecule has 0 fully saturated rings. The van der Waals surface area contributed by atoms with E-state index in [0.717, 1.165) is 16.1 Å². The highest BCUT2D eigenvalue weighted by molar-refractivity contribution is 8.00. The standard InChI is InChI=1S/C18H19N3O2S/c22-17(20-12-14-7-9-19-10-8-14)6-3-11-21-15-4-1-2-5-16(15)24-13-18(21)23/h1-2,4-5,7-10H,3,6,11-13H2,(H,20,22). The molecule has 24 heavy (non-hydrogen) atoms. The molecule has 5 nitrogen and oxygen atoms in total. The molecular weight excluding hydrogens is 322 g/mol. The van der Waals surface area contributed by atoms with E-state index in [2.05, 4.69) is 10.3 Å². The van der Waals surface area contributed by atoms with E-state index < -0.39 is 0 Å². The van der Waals surface area contributed by atoms with Gasteiger partial charge < -0.3 is 10.2 Å². The van der Waals surface area contributed by atoms with Crippen molar-refractivity contribution < 1.29 is 9.59 Å². The highest BCUT2D eigenvalue weighted by Crippen LogP contribution is 2.34. The van der Waals surface area contributed by atoms with Crippen LogP contribution in [0.4, 0.5) is 5.69 Å². The predicted octanol–water partition coefficient (Wildman–Crippen LogP) is 2.62. The number of aromatic nitrogens is 1. The summed E-state index contributed by atoms with van der Waals surface area (Å²) in [6.07, 6.45) is 4.47. The molecule has 0 spiro atoms. The highest BCUT2D eigenvalue weighted by atomic mass is 32.2. The van der Waals surface area contributed by atoms with Gasteiger partial charge in [-0.15, -0.1) is 11.8 Å². The Kier molecular flexibility index (Phi) is 5.48. The minimum Gasteiger partial charge on any atom is -0.352 e. The minimum atomic E-state index is -0.000990. The second-order valence-corrected chi connectivity index (χ2v) is 6.55. The Bertz CT molecular complexity index is 721. The average molecular weight is 341 g/mol. The van der Waals surface area contributed by atoms with Crippen LogP contribution < -0.4 is 10.2 Å². The minimum absolute atomic E-state index is 0.000990. The Hall–Kier alpha value is -2.34. The van der Waals surface area contributed by atoms with Gasteiger partial charge in [0.15, 0.2) is 0 Å². The summed E-state index contributed by atoms with van der Waals surface area (Å²) in [6.45, 7) is 1.07. The zero-order chi connectivity index (χ0) is 16.8. The molecule has 1 N–H and O–H groups in total. The maximum absolute atomic E-state index is 12.1. The van der Waals surface area contributed by atoms with E-state index in [9.17, 15) is 9.59 Å². The van der Waals surface area contributed by atoms with Crippen LogP contribution in [0.2, 0.25) is 0 Å². The maximum atomic E-state index is 12.1. The van der Waals surface area contributed by atoms with Crippen LogP contribution in [-0.4, -0.2) is 29.1 Å². The first-order chi connectivity index (χ1) is 11.7. The molecule has 0 saturated heterocycles. The van der Waals surface area contributed by atoms with Gasteiger partial charge in [-0.2, -0.15) is 0 Å². The van der Waals surface area contributed by atoms with E-state index in [1.54, 1.807) is 29.1 Å². The molecule has 6 heteroatoms. The van der Waals surface area contributed by atoms with Crippen molar-refractivity contribution in [2.24, 2.45) is 0 Å². The number of fused-ring (bicyclic) bond motifs is 1. The van der Waals surface area contributed by atoms with Crippen molar-refractivity contribution in [3.05, 3.63) is 54.4 Å². The Morgan fingerprint density at radius 3 is 2.83 bits per heavy atom.